The van der Waals surface area contributed by atoms with Crippen molar-refractivity contribution in [2.45, 2.75) is 24.8 Å². The molecule has 0 aromatic carbocycles. The van der Waals surface area contributed by atoms with Gasteiger partial charge in [-0.05, 0) is 6.42 Å². The smallest absolute Gasteiger partial charge is 0.152 e. The van der Waals surface area contributed by atoms with Crippen molar-refractivity contribution in [3.63, 3.8) is 0 Å². The maximum absolute atomic E-state index is 13.5. The Labute approximate surface area is 94.4 Å². The van der Waals surface area contributed by atoms with Gasteiger partial charge in [0.2, 0.25) is 0 Å². The Morgan fingerprint density at radius 3 is 2.56 bits per heavy atom. The standard InChI is InChI=1S/C10H19FO5/c1-13-5-15-4-7-3-8(12)9(11)10(7)16-6-14-2/h7-10,12H,3-6H2,1-2H3. The highest BCUT2D eigenvalue weighted by molar-refractivity contribution is 4.92. The van der Waals surface area contributed by atoms with Crippen molar-refractivity contribution < 1.29 is 28.4 Å². The van der Waals surface area contributed by atoms with Crippen LogP contribution >= 0.6 is 0 Å². The van der Waals surface area contributed by atoms with Gasteiger partial charge in [-0.3, -0.25) is 0 Å². The fourth-order valence-electron chi connectivity index (χ4n) is 1.87. The molecular formula is C10H19FO5. The lowest BCUT2D eigenvalue weighted by atomic mass is 10.1. The number of hydrogen-bond donors (Lipinski definition) is 1. The SMILES string of the molecule is COCOCC1CC(O)C(F)C1OCOC. The third kappa shape index (κ3) is 3.64. The van der Waals surface area contributed by atoms with Crippen LogP contribution < -0.4 is 0 Å². The number of aliphatic hydroxyl groups excluding tert-OH is 1. The minimum Gasteiger partial charge on any atom is -0.390 e. The molecule has 1 aliphatic carbocycles. The molecule has 1 fully saturated rings. The van der Waals surface area contributed by atoms with Crippen LogP contribution in [0.25, 0.3) is 0 Å². The Kier molecular flexibility index (Phi) is 6.15. The molecule has 0 spiro atoms. The molecule has 1 rings (SSSR count). The van der Waals surface area contributed by atoms with E-state index in [9.17, 15) is 9.50 Å². The molecule has 0 heterocycles. The van der Waals surface area contributed by atoms with Gasteiger partial charge in [0, 0.05) is 20.1 Å². The molecule has 4 unspecified atom stereocenters. The maximum Gasteiger partial charge on any atom is 0.152 e. The lowest BCUT2D eigenvalue weighted by Crippen LogP contribution is -2.32. The first-order chi connectivity index (χ1) is 7.70. The summed E-state index contributed by atoms with van der Waals surface area (Å²) in [5, 5.41) is 9.41. The van der Waals surface area contributed by atoms with Crippen LogP contribution in [0.15, 0.2) is 0 Å². The minimum atomic E-state index is -1.38. The molecule has 5 nitrogen and oxygen atoms in total. The predicted molar refractivity (Wildman–Crippen MR) is 53.6 cm³/mol. The summed E-state index contributed by atoms with van der Waals surface area (Å²) in [6, 6.07) is 0. The highest BCUT2D eigenvalue weighted by Crippen LogP contribution is 2.31. The molecule has 0 amide bonds. The summed E-state index contributed by atoms with van der Waals surface area (Å²) in [7, 11) is 2.98. The van der Waals surface area contributed by atoms with Crippen LogP contribution in [0.3, 0.4) is 0 Å². The monoisotopic (exact) mass is 238 g/mol. The zero-order valence-corrected chi connectivity index (χ0v) is 9.60. The van der Waals surface area contributed by atoms with Crippen LogP contribution in [0.4, 0.5) is 4.39 Å². The summed E-state index contributed by atoms with van der Waals surface area (Å²) in [6.07, 6.45) is -2.71. The van der Waals surface area contributed by atoms with E-state index in [1.165, 1.54) is 14.2 Å². The summed E-state index contributed by atoms with van der Waals surface area (Å²) in [4.78, 5) is 0. The van der Waals surface area contributed by atoms with Gasteiger partial charge in [0.1, 0.15) is 13.6 Å². The van der Waals surface area contributed by atoms with Gasteiger partial charge in [0.25, 0.3) is 0 Å². The van der Waals surface area contributed by atoms with Crippen LogP contribution in [0.2, 0.25) is 0 Å². The van der Waals surface area contributed by atoms with Crippen LogP contribution in [0.1, 0.15) is 6.42 Å². The van der Waals surface area contributed by atoms with E-state index in [4.69, 9.17) is 18.9 Å². The van der Waals surface area contributed by atoms with E-state index < -0.39 is 18.4 Å². The molecule has 1 saturated carbocycles. The fraction of sp³-hybridized carbons (Fsp3) is 1.00. The van der Waals surface area contributed by atoms with Crippen LogP contribution in [0, 0.1) is 5.92 Å². The number of rotatable bonds is 7. The Balaban J connectivity index is 2.39. The Morgan fingerprint density at radius 1 is 1.25 bits per heavy atom. The fourth-order valence-corrected chi connectivity index (χ4v) is 1.87. The average Bonchev–Trinajstić information content (AvgIpc) is 2.53. The van der Waals surface area contributed by atoms with Gasteiger partial charge in [-0.25, -0.2) is 4.39 Å². The van der Waals surface area contributed by atoms with E-state index in [1.807, 2.05) is 0 Å². The molecule has 16 heavy (non-hydrogen) atoms. The zero-order valence-electron chi connectivity index (χ0n) is 9.60. The van der Waals surface area contributed by atoms with Gasteiger partial charge >= 0.3 is 0 Å². The number of aliphatic hydroxyl groups is 1. The largest absolute Gasteiger partial charge is 0.390 e. The number of methoxy groups -OCH3 is 2. The molecule has 0 saturated heterocycles. The third-order valence-electron chi connectivity index (χ3n) is 2.60. The van der Waals surface area contributed by atoms with Crippen molar-refractivity contribution in [3.8, 4) is 0 Å². The summed E-state index contributed by atoms with van der Waals surface area (Å²) in [5.41, 5.74) is 0. The second-order valence-electron chi connectivity index (χ2n) is 3.82. The molecular weight excluding hydrogens is 219 g/mol. The van der Waals surface area contributed by atoms with Gasteiger partial charge in [0.15, 0.2) is 6.17 Å². The highest BCUT2D eigenvalue weighted by Gasteiger charge is 2.43. The molecule has 0 aromatic heterocycles. The first kappa shape index (κ1) is 13.8. The molecule has 0 radical (unpaired) electrons. The molecule has 4 atom stereocenters. The summed E-state index contributed by atoms with van der Waals surface area (Å²) in [6.45, 7) is 0.471. The first-order valence-corrected chi connectivity index (χ1v) is 5.20. The number of hydrogen-bond acceptors (Lipinski definition) is 5. The van der Waals surface area contributed by atoms with Crippen molar-refractivity contribution in [1.82, 2.24) is 0 Å². The van der Waals surface area contributed by atoms with E-state index >= 15 is 0 Å². The van der Waals surface area contributed by atoms with Crippen LogP contribution in [-0.2, 0) is 18.9 Å². The topological polar surface area (TPSA) is 57.2 Å². The summed E-state index contributed by atoms with van der Waals surface area (Å²) < 4.78 is 33.4. The summed E-state index contributed by atoms with van der Waals surface area (Å²) >= 11 is 0. The van der Waals surface area contributed by atoms with Crippen molar-refractivity contribution in [3.05, 3.63) is 0 Å². The van der Waals surface area contributed by atoms with Gasteiger partial charge < -0.3 is 24.1 Å². The zero-order chi connectivity index (χ0) is 12.0. The third-order valence-corrected chi connectivity index (χ3v) is 2.60. The predicted octanol–water partition coefficient (Wildman–Crippen LogP) is 0.315. The normalized spacial score (nSPS) is 34.5. The van der Waals surface area contributed by atoms with Gasteiger partial charge in [0.05, 0.1) is 18.8 Å². The van der Waals surface area contributed by atoms with Crippen LogP contribution in [-0.4, -0.2) is 57.9 Å². The molecule has 0 bridgehead atoms. The maximum atomic E-state index is 13.5. The highest BCUT2D eigenvalue weighted by atomic mass is 19.1. The molecule has 0 aliphatic heterocycles. The number of halogens is 1. The van der Waals surface area contributed by atoms with E-state index in [0.29, 0.717) is 13.0 Å². The second-order valence-corrected chi connectivity index (χ2v) is 3.82. The molecule has 0 aromatic rings. The molecule has 1 aliphatic rings. The van der Waals surface area contributed by atoms with Crippen molar-refractivity contribution in [2.75, 3.05) is 34.4 Å². The number of ether oxygens (including phenoxy) is 4. The molecule has 6 heteroatoms. The Hall–Kier alpha value is -0.270. The van der Waals surface area contributed by atoms with E-state index in [2.05, 4.69) is 0 Å². The minimum absolute atomic E-state index is 0.0125. The average molecular weight is 238 g/mol. The first-order valence-electron chi connectivity index (χ1n) is 5.20. The summed E-state index contributed by atoms with van der Waals surface area (Å²) in [5.74, 6) is -0.171. The van der Waals surface area contributed by atoms with Crippen molar-refractivity contribution in [1.29, 1.82) is 0 Å². The molecule has 96 valence electrons. The Bertz CT molecular complexity index is 192. The quantitative estimate of drug-likeness (QED) is 0.511. The van der Waals surface area contributed by atoms with E-state index in [1.54, 1.807) is 0 Å². The van der Waals surface area contributed by atoms with E-state index in [-0.39, 0.29) is 19.5 Å². The lowest BCUT2D eigenvalue weighted by molar-refractivity contribution is -0.124. The van der Waals surface area contributed by atoms with Gasteiger partial charge in [-0.1, -0.05) is 0 Å². The Morgan fingerprint density at radius 2 is 1.94 bits per heavy atom. The van der Waals surface area contributed by atoms with E-state index in [0.717, 1.165) is 0 Å². The lowest BCUT2D eigenvalue weighted by Gasteiger charge is -2.20. The van der Waals surface area contributed by atoms with Crippen molar-refractivity contribution >= 4 is 0 Å². The van der Waals surface area contributed by atoms with Gasteiger partial charge in [-0.15, -0.1) is 0 Å². The number of alkyl halides is 1. The van der Waals surface area contributed by atoms with Crippen molar-refractivity contribution in [2.24, 2.45) is 5.92 Å². The van der Waals surface area contributed by atoms with Crippen LogP contribution in [0.5, 0.6) is 0 Å². The second kappa shape index (κ2) is 7.13. The molecule has 1 N–H and O–H groups in total. The van der Waals surface area contributed by atoms with Gasteiger partial charge in [-0.2, -0.15) is 0 Å².